The Kier molecular flexibility index (Phi) is 42.0. The summed E-state index contributed by atoms with van der Waals surface area (Å²) in [7, 11) is 3.37. The van der Waals surface area contributed by atoms with Gasteiger partial charge in [-0.25, -0.2) is 0 Å². The fourth-order valence-electron chi connectivity index (χ4n) is 0.507. The van der Waals surface area contributed by atoms with Gasteiger partial charge in [-0.3, -0.25) is 0 Å². The maximum absolute atomic E-state index is 5.48. The van der Waals surface area contributed by atoms with Crippen LogP contribution in [0.3, 0.4) is 0 Å². The molecule has 0 radical (unpaired) electrons. The second-order valence-corrected chi connectivity index (χ2v) is 5.25. The molecule has 0 aromatic rings. The Morgan fingerprint density at radius 3 is 0.875 bits per heavy atom. The van der Waals surface area contributed by atoms with Crippen molar-refractivity contribution < 1.29 is 0 Å². The molecule has 0 aliphatic rings. The van der Waals surface area contributed by atoms with Gasteiger partial charge in [-0.15, -0.1) is 49.6 Å². The smallest absolute Gasteiger partial charge is 0.0396 e. The molecule has 0 spiro atoms. The van der Waals surface area contributed by atoms with E-state index in [0.717, 1.165) is 0 Å². The third-order valence-electron chi connectivity index (χ3n) is 1.38. The van der Waals surface area contributed by atoms with Crippen LogP contribution in [0.2, 0.25) is 0 Å². The average molecular weight is 356 g/mol. The van der Waals surface area contributed by atoms with Crippen molar-refractivity contribution in [3.05, 3.63) is 0 Å². The van der Waals surface area contributed by atoms with Gasteiger partial charge in [0, 0.05) is 36.7 Å². The van der Waals surface area contributed by atoms with E-state index in [1.807, 2.05) is 0 Å². The third kappa shape index (κ3) is 15.7. The van der Waals surface area contributed by atoms with Crippen LogP contribution in [0, 0.1) is 0 Å². The summed E-state index contributed by atoms with van der Waals surface area (Å²) in [5.41, 5.74) is 21.9. The van der Waals surface area contributed by atoms with E-state index in [9.17, 15) is 0 Å². The largest absolute Gasteiger partial charge is 0.329 e. The normalized spacial score (nSPS) is 8.62. The highest BCUT2D eigenvalue weighted by Crippen LogP contribution is 2.29. The van der Waals surface area contributed by atoms with Crippen molar-refractivity contribution in [3.8, 4) is 0 Å². The summed E-state index contributed by atoms with van der Waals surface area (Å²) in [6, 6.07) is 0. The molecule has 4 nitrogen and oxygen atoms in total. The topological polar surface area (TPSA) is 104 Å². The van der Waals surface area contributed by atoms with E-state index < -0.39 is 0 Å². The van der Waals surface area contributed by atoms with Gasteiger partial charge in [-0.2, -0.15) is 0 Å². The first-order valence-corrected chi connectivity index (χ1v) is 6.18. The number of halogens is 4. The molecule has 0 aliphatic carbocycles. The highest BCUT2D eigenvalue weighted by Gasteiger charge is 2.10. The van der Waals surface area contributed by atoms with Crippen LogP contribution in [0.25, 0.3) is 0 Å². The first-order valence-electron chi connectivity index (χ1n) is 3.90. The van der Waals surface area contributed by atoms with Gasteiger partial charge in [0.15, 0.2) is 0 Å². The van der Waals surface area contributed by atoms with Crippen molar-refractivity contribution in [1.29, 1.82) is 0 Å². The molecule has 0 rings (SSSR count). The lowest BCUT2D eigenvalue weighted by Crippen LogP contribution is -2.28. The van der Waals surface area contributed by atoms with Crippen LogP contribution in [-0.4, -0.2) is 36.7 Å². The predicted octanol–water partition coefficient (Wildman–Crippen LogP) is 0.627. The van der Waals surface area contributed by atoms with Crippen LogP contribution in [0.5, 0.6) is 0 Å². The Morgan fingerprint density at radius 1 is 0.562 bits per heavy atom. The summed E-state index contributed by atoms with van der Waals surface area (Å²) in [5.74, 6) is 0. The van der Waals surface area contributed by atoms with Crippen molar-refractivity contribution >= 4 is 71.2 Å². The fourth-order valence-corrected chi connectivity index (χ4v) is 3.02. The lowest BCUT2D eigenvalue weighted by atomic mass is 10.4. The zero-order chi connectivity index (χ0) is 9.40. The predicted molar refractivity (Wildman–Crippen MR) is 88.0 cm³/mol. The molecule has 0 heterocycles. The zero-order valence-corrected chi connectivity index (χ0v) is 13.6. The molecule has 0 aliphatic heterocycles. The molecule has 0 fully saturated rings. The molecule has 0 saturated heterocycles. The molecule has 0 aromatic heterocycles. The molecule has 16 heavy (non-hydrogen) atoms. The summed E-state index contributed by atoms with van der Waals surface area (Å²) >= 11 is 0. The fraction of sp³-hybridized carbons (Fsp3) is 1.00. The molecular formula is C6H22Cl4N4S2. The number of hydrogen-bond acceptors (Lipinski definition) is 6. The van der Waals surface area contributed by atoms with Gasteiger partial charge >= 0.3 is 0 Å². The van der Waals surface area contributed by atoms with E-state index in [2.05, 4.69) is 0 Å². The quantitative estimate of drug-likeness (QED) is 0.499. The Hall–Kier alpha value is 1.70. The minimum Gasteiger partial charge on any atom is -0.329 e. The second-order valence-electron chi connectivity index (χ2n) is 2.38. The van der Waals surface area contributed by atoms with E-state index in [-0.39, 0.29) is 49.6 Å². The standard InChI is InChI=1S/C6H18N4S2.4ClH/c7-1-5(2-8)11-12-6(3-9)4-10;;;;/h5-6H,1-4,7-10H2;4*1H. The highest BCUT2D eigenvalue weighted by molar-refractivity contribution is 8.77. The van der Waals surface area contributed by atoms with E-state index in [4.69, 9.17) is 22.9 Å². The van der Waals surface area contributed by atoms with Gasteiger partial charge in [0.25, 0.3) is 0 Å². The Balaban J connectivity index is -0.000000101. The number of hydrogen-bond donors (Lipinski definition) is 4. The minimum absolute atomic E-state index is 0. The molecule has 10 heteroatoms. The summed E-state index contributed by atoms with van der Waals surface area (Å²) in [4.78, 5) is 0. The maximum Gasteiger partial charge on any atom is 0.0396 e. The van der Waals surface area contributed by atoms with Gasteiger partial charge in [0.2, 0.25) is 0 Å². The van der Waals surface area contributed by atoms with Crippen LogP contribution in [0.15, 0.2) is 0 Å². The zero-order valence-electron chi connectivity index (χ0n) is 8.74. The Labute approximate surface area is 130 Å². The van der Waals surface area contributed by atoms with Gasteiger partial charge in [-0.1, -0.05) is 21.6 Å². The van der Waals surface area contributed by atoms with E-state index in [1.165, 1.54) is 0 Å². The molecule has 0 bridgehead atoms. The first kappa shape index (κ1) is 30.6. The Bertz CT molecular complexity index is 96.5. The number of rotatable bonds is 7. The summed E-state index contributed by atoms with van der Waals surface area (Å²) in [6.45, 7) is 2.43. The third-order valence-corrected chi connectivity index (χ3v) is 4.77. The van der Waals surface area contributed by atoms with Gasteiger partial charge < -0.3 is 22.9 Å². The highest BCUT2D eigenvalue weighted by atomic mass is 35.5. The molecule has 106 valence electrons. The van der Waals surface area contributed by atoms with Crippen LogP contribution in [-0.2, 0) is 0 Å². The summed E-state index contributed by atoms with van der Waals surface area (Å²) in [6.07, 6.45) is 0. The monoisotopic (exact) mass is 354 g/mol. The Morgan fingerprint density at radius 2 is 0.750 bits per heavy atom. The number of nitrogens with two attached hydrogens (primary N) is 4. The van der Waals surface area contributed by atoms with Gasteiger partial charge in [-0.05, 0) is 0 Å². The molecular weight excluding hydrogens is 334 g/mol. The lowest BCUT2D eigenvalue weighted by Gasteiger charge is -2.15. The minimum atomic E-state index is 0. The van der Waals surface area contributed by atoms with Crippen LogP contribution in [0.4, 0.5) is 0 Å². The lowest BCUT2D eigenvalue weighted by molar-refractivity contribution is 0.861. The molecule has 0 aromatic carbocycles. The molecule has 0 saturated carbocycles. The SMILES string of the molecule is Cl.Cl.Cl.Cl.NCC(CN)SSC(CN)CN. The van der Waals surface area contributed by atoms with Gasteiger partial charge in [0.1, 0.15) is 0 Å². The van der Waals surface area contributed by atoms with Crippen LogP contribution in [0.1, 0.15) is 0 Å². The molecule has 0 atom stereocenters. The van der Waals surface area contributed by atoms with E-state index in [0.29, 0.717) is 36.7 Å². The molecule has 8 N–H and O–H groups in total. The first-order chi connectivity index (χ1) is 5.78. The van der Waals surface area contributed by atoms with Crippen molar-refractivity contribution in [2.24, 2.45) is 22.9 Å². The molecule has 0 amide bonds. The van der Waals surface area contributed by atoms with Crippen molar-refractivity contribution in [2.45, 2.75) is 10.5 Å². The summed E-state index contributed by atoms with van der Waals surface area (Å²) < 4.78 is 0. The van der Waals surface area contributed by atoms with Crippen molar-refractivity contribution in [2.75, 3.05) is 26.2 Å². The van der Waals surface area contributed by atoms with E-state index >= 15 is 0 Å². The van der Waals surface area contributed by atoms with Crippen LogP contribution >= 0.6 is 71.2 Å². The molecule has 0 unspecified atom stereocenters. The van der Waals surface area contributed by atoms with Crippen LogP contribution < -0.4 is 22.9 Å². The van der Waals surface area contributed by atoms with E-state index in [1.54, 1.807) is 21.6 Å². The summed E-state index contributed by atoms with van der Waals surface area (Å²) in [5, 5.41) is 0.631. The van der Waals surface area contributed by atoms with Gasteiger partial charge in [0.05, 0.1) is 0 Å². The van der Waals surface area contributed by atoms with Crippen molar-refractivity contribution in [3.63, 3.8) is 0 Å². The maximum atomic E-state index is 5.48. The van der Waals surface area contributed by atoms with Crippen molar-refractivity contribution in [1.82, 2.24) is 0 Å². The average Bonchev–Trinajstić information content (AvgIpc) is 2.13. The second kappa shape index (κ2) is 21.9.